The summed E-state index contributed by atoms with van der Waals surface area (Å²) in [4.78, 5) is 20.2. The zero-order chi connectivity index (χ0) is 23.4. The standard InChI is InChI=1S/C22H31F2N5O3S/c1-14-17(28-32-27-14)11-20(30)25-16-5-3-15(4-6-16)7-9-29-10-8-19-18(12-29)26-21(33-19)31-13-22(2,23)24/h15-16H,3-13H2,1-2H3,(H,25,30). The van der Waals surface area contributed by atoms with E-state index in [9.17, 15) is 13.6 Å². The molecule has 0 unspecified atom stereocenters. The Morgan fingerprint density at radius 1 is 1.30 bits per heavy atom. The highest BCUT2D eigenvalue weighted by Crippen LogP contribution is 2.32. The Labute approximate surface area is 196 Å². The van der Waals surface area contributed by atoms with Gasteiger partial charge in [0.15, 0.2) is 6.61 Å². The minimum atomic E-state index is -2.85. The molecule has 33 heavy (non-hydrogen) atoms. The molecule has 0 radical (unpaired) electrons. The lowest BCUT2D eigenvalue weighted by Crippen LogP contribution is -2.39. The molecule has 1 aliphatic heterocycles. The summed E-state index contributed by atoms with van der Waals surface area (Å²) < 4.78 is 35.9. The number of nitrogens with zero attached hydrogens (tertiary/aromatic N) is 4. The summed E-state index contributed by atoms with van der Waals surface area (Å²) in [5.74, 6) is -2.23. The molecule has 1 amide bonds. The summed E-state index contributed by atoms with van der Waals surface area (Å²) in [6.07, 6.45) is 6.41. The Morgan fingerprint density at radius 3 is 2.79 bits per heavy atom. The van der Waals surface area contributed by atoms with Gasteiger partial charge in [-0.2, -0.15) is 0 Å². The van der Waals surface area contributed by atoms with Crippen molar-refractivity contribution in [2.45, 2.75) is 77.3 Å². The van der Waals surface area contributed by atoms with Crippen molar-refractivity contribution in [2.24, 2.45) is 5.92 Å². The van der Waals surface area contributed by atoms with E-state index < -0.39 is 12.5 Å². The number of thiazole rings is 1. The Balaban J connectivity index is 1.15. The van der Waals surface area contributed by atoms with Crippen molar-refractivity contribution >= 4 is 17.2 Å². The van der Waals surface area contributed by atoms with Crippen LogP contribution < -0.4 is 10.1 Å². The van der Waals surface area contributed by atoms with E-state index in [2.05, 4.69) is 30.1 Å². The van der Waals surface area contributed by atoms with Gasteiger partial charge in [0, 0.05) is 30.9 Å². The molecule has 0 spiro atoms. The van der Waals surface area contributed by atoms with Crippen molar-refractivity contribution in [1.29, 1.82) is 0 Å². The molecule has 1 saturated carbocycles. The molecule has 2 aliphatic rings. The van der Waals surface area contributed by atoms with Crippen LogP contribution in [0.4, 0.5) is 8.78 Å². The Morgan fingerprint density at radius 2 is 2.09 bits per heavy atom. The number of fused-ring (bicyclic) bond motifs is 1. The Hall–Kier alpha value is -2.14. The lowest BCUT2D eigenvalue weighted by Gasteiger charge is -2.32. The second-order valence-electron chi connectivity index (χ2n) is 9.28. The molecule has 0 bridgehead atoms. The van der Waals surface area contributed by atoms with Crippen LogP contribution >= 0.6 is 11.3 Å². The first-order valence-electron chi connectivity index (χ1n) is 11.5. The fourth-order valence-corrected chi connectivity index (χ4v) is 5.38. The summed E-state index contributed by atoms with van der Waals surface area (Å²) in [5, 5.41) is 10.9. The van der Waals surface area contributed by atoms with Crippen molar-refractivity contribution in [3.05, 3.63) is 22.0 Å². The van der Waals surface area contributed by atoms with Gasteiger partial charge in [0.05, 0.1) is 12.1 Å². The van der Waals surface area contributed by atoms with E-state index in [0.29, 0.717) is 22.5 Å². The van der Waals surface area contributed by atoms with E-state index >= 15 is 0 Å². The summed E-state index contributed by atoms with van der Waals surface area (Å²) >= 11 is 1.39. The van der Waals surface area contributed by atoms with Crippen molar-refractivity contribution < 1.29 is 22.9 Å². The number of alkyl halides is 2. The molecular formula is C22H31F2N5O3S. The molecule has 1 aliphatic carbocycles. The van der Waals surface area contributed by atoms with E-state index in [-0.39, 0.29) is 18.4 Å². The number of carbonyl (C=O) groups excluding carboxylic acids is 1. The van der Waals surface area contributed by atoms with Crippen LogP contribution in [0.15, 0.2) is 4.63 Å². The minimum absolute atomic E-state index is 0.0318. The molecule has 2 aromatic rings. The number of ether oxygens (including phenoxy) is 1. The zero-order valence-electron chi connectivity index (χ0n) is 19.1. The third-order valence-electron chi connectivity index (χ3n) is 6.38. The van der Waals surface area contributed by atoms with Crippen LogP contribution in [0.1, 0.15) is 61.0 Å². The molecule has 1 N–H and O–H groups in total. The van der Waals surface area contributed by atoms with Gasteiger partial charge in [-0.05, 0) is 57.9 Å². The van der Waals surface area contributed by atoms with Crippen LogP contribution in [0.3, 0.4) is 0 Å². The van der Waals surface area contributed by atoms with Crippen LogP contribution in [0, 0.1) is 12.8 Å². The molecule has 182 valence electrons. The summed E-state index contributed by atoms with van der Waals surface area (Å²) in [6.45, 7) is 4.70. The SMILES string of the molecule is Cc1nonc1CC(=O)NC1CCC(CCN2CCc3sc(OCC(C)(F)F)nc3C2)CC1. The predicted octanol–water partition coefficient (Wildman–Crippen LogP) is 3.53. The highest BCUT2D eigenvalue weighted by molar-refractivity contribution is 7.13. The Bertz CT molecular complexity index is 937. The van der Waals surface area contributed by atoms with Crippen molar-refractivity contribution in [2.75, 3.05) is 19.7 Å². The Kier molecular flexibility index (Phi) is 7.58. The maximum Gasteiger partial charge on any atom is 0.278 e. The van der Waals surface area contributed by atoms with Crippen LogP contribution in [-0.4, -0.2) is 57.8 Å². The number of halogens is 2. The lowest BCUT2D eigenvalue weighted by atomic mass is 9.84. The predicted molar refractivity (Wildman–Crippen MR) is 118 cm³/mol. The number of hydrogen-bond donors (Lipinski definition) is 1. The van der Waals surface area contributed by atoms with Gasteiger partial charge in [-0.3, -0.25) is 9.69 Å². The van der Waals surface area contributed by atoms with Gasteiger partial charge >= 0.3 is 0 Å². The maximum absolute atomic E-state index is 13.0. The van der Waals surface area contributed by atoms with E-state index in [1.54, 1.807) is 6.92 Å². The normalized spacial score (nSPS) is 21.6. The van der Waals surface area contributed by atoms with E-state index in [4.69, 9.17) is 4.74 Å². The van der Waals surface area contributed by atoms with Gasteiger partial charge in [0.1, 0.15) is 11.4 Å². The maximum atomic E-state index is 13.0. The van der Waals surface area contributed by atoms with Gasteiger partial charge in [-0.15, -0.1) is 0 Å². The lowest BCUT2D eigenvalue weighted by molar-refractivity contribution is -0.121. The van der Waals surface area contributed by atoms with Crippen LogP contribution in [0.2, 0.25) is 0 Å². The molecular weight excluding hydrogens is 452 g/mol. The average Bonchev–Trinajstić information content (AvgIpc) is 3.36. The highest BCUT2D eigenvalue weighted by atomic mass is 32.1. The third-order valence-corrected chi connectivity index (χ3v) is 7.45. The zero-order valence-corrected chi connectivity index (χ0v) is 19.9. The second kappa shape index (κ2) is 10.4. The number of amides is 1. The van der Waals surface area contributed by atoms with E-state index in [0.717, 1.165) is 75.7 Å². The quantitative estimate of drug-likeness (QED) is 0.583. The first-order valence-corrected chi connectivity index (χ1v) is 12.4. The molecule has 0 atom stereocenters. The van der Waals surface area contributed by atoms with Gasteiger partial charge in [0.25, 0.3) is 11.1 Å². The molecule has 1 fully saturated rings. The molecule has 0 aromatic carbocycles. The first-order chi connectivity index (χ1) is 15.7. The van der Waals surface area contributed by atoms with Gasteiger partial charge < -0.3 is 10.1 Å². The summed E-state index contributed by atoms with van der Waals surface area (Å²) in [5.41, 5.74) is 2.21. The number of aryl methyl sites for hydroxylation is 1. The van der Waals surface area contributed by atoms with Crippen LogP contribution in [-0.2, 0) is 24.2 Å². The van der Waals surface area contributed by atoms with Crippen LogP contribution in [0.25, 0.3) is 0 Å². The van der Waals surface area contributed by atoms with E-state index in [1.807, 2.05) is 0 Å². The summed E-state index contributed by atoms with van der Waals surface area (Å²) in [6, 6.07) is 0.218. The molecule has 8 nitrogen and oxygen atoms in total. The van der Waals surface area contributed by atoms with Gasteiger partial charge in [0.2, 0.25) is 5.91 Å². The molecule has 11 heteroatoms. The topological polar surface area (TPSA) is 93.4 Å². The monoisotopic (exact) mass is 483 g/mol. The highest BCUT2D eigenvalue weighted by Gasteiger charge is 2.27. The van der Waals surface area contributed by atoms with Crippen molar-refractivity contribution in [3.8, 4) is 5.19 Å². The fourth-order valence-electron chi connectivity index (χ4n) is 4.47. The average molecular weight is 484 g/mol. The number of nitrogens with one attached hydrogen (secondary N) is 1. The van der Waals surface area contributed by atoms with Crippen LogP contribution in [0.5, 0.6) is 5.19 Å². The second-order valence-corrected chi connectivity index (χ2v) is 10.3. The number of rotatable bonds is 9. The molecule has 0 saturated heterocycles. The third kappa shape index (κ3) is 6.92. The number of carbonyl (C=O) groups is 1. The fraction of sp³-hybridized carbons (Fsp3) is 0.727. The summed E-state index contributed by atoms with van der Waals surface area (Å²) in [7, 11) is 0. The number of hydrogen-bond acceptors (Lipinski definition) is 8. The molecule has 4 rings (SSSR count). The van der Waals surface area contributed by atoms with Gasteiger partial charge in [-0.25, -0.2) is 18.4 Å². The smallest absolute Gasteiger partial charge is 0.278 e. The van der Waals surface area contributed by atoms with E-state index in [1.165, 1.54) is 11.3 Å². The van der Waals surface area contributed by atoms with Gasteiger partial charge in [-0.1, -0.05) is 21.7 Å². The largest absolute Gasteiger partial charge is 0.464 e. The molecule has 2 aromatic heterocycles. The van der Waals surface area contributed by atoms with Crippen molar-refractivity contribution in [1.82, 2.24) is 25.5 Å². The molecule has 3 heterocycles. The minimum Gasteiger partial charge on any atom is -0.464 e. The first kappa shape index (κ1) is 24.0. The van der Waals surface area contributed by atoms with Crippen molar-refractivity contribution in [3.63, 3.8) is 0 Å². The number of aromatic nitrogens is 3.